The Labute approximate surface area is 128 Å². The third-order valence-electron chi connectivity index (χ3n) is 4.11. The van der Waals surface area contributed by atoms with Gasteiger partial charge in [-0.05, 0) is 37.3 Å². The third kappa shape index (κ3) is 5.16. The van der Waals surface area contributed by atoms with Gasteiger partial charge in [0.25, 0.3) is 0 Å². The smallest absolute Gasteiger partial charge is 0.223 e. The van der Waals surface area contributed by atoms with E-state index in [2.05, 4.69) is 36.2 Å². The highest BCUT2D eigenvalue weighted by Gasteiger charge is 2.25. The Balaban J connectivity index is 1.93. The monoisotopic (exact) mass is 288 g/mol. The summed E-state index contributed by atoms with van der Waals surface area (Å²) >= 11 is 0. The van der Waals surface area contributed by atoms with Gasteiger partial charge in [-0.3, -0.25) is 4.79 Å². The lowest BCUT2D eigenvalue weighted by atomic mass is 10.0. The number of hydrogen-bond acceptors (Lipinski definition) is 2. The summed E-state index contributed by atoms with van der Waals surface area (Å²) in [4.78, 5) is 14.7. The Morgan fingerprint density at radius 3 is 2.81 bits per heavy atom. The van der Waals surface area contributed by atoms with E-state index in [1.165, 1.54) is 5.56 Å². The number of amides is 1. The van der Waals surface area contributed by atoms with Crippen LogP contribution in [0.25, 0.3) is 0 Å². The standard InChI is InChI=1S/C18H28N2O/c1-15(2)13-17-14-19-11-6-12-20(17)18(21)10-9-16-7-4-3-5-8-16/h3-5,7-8,15,17,19H,6,9-14H2,1-2H3. The zero-order valence-electron chi connectivity index (χ0n) is 13.3. The van der Waals surface area contributed by atoms with Crippen molar-refractivity contribution in [2.24, 2.45) is 5.92 Å². The maximum absolute atomic E-state index is 12.6. The van der Waals surface area contributed by atoms with Crippen LogP contribution < -0.4 is 5.32 Å². The van der Waals surface area contributed by atoms with E-state index in [1.807, 2.05) is 18.2 Å². The molecule has 1 aliphatic rings. The van der Waals surface area contributed by atoms with Crippen LogP contribution in [-0.2, 0) is 11.2 Å². The number of aryl methyl sites for hydroxylation is 1. The molecule has 0 aromatic heterocycles. The summed E-state index contributed by atoms with van der Waals surface area (Å²) < 4.78 is 0. The van der Waals surface area contributed by atoms with Gasteiger partial charge in [0.15, 0.2) is 0 Å². The molecule has 1 amide bonds. The lowest BCUT2D eigenvalue weighted by Gasteiger charge is -2.31. The number of rotatable bonds is 5. The topological polar surface area (TPSA) is 32.3 Å². The lowest BCUT2D eigenvalue weighted by molar-refractivity contribution is -0.133. The summed E-state index contributed by atoms with van der Waals surface area (Å²) in [6, 6.07) is 10.7. The zero-order valence-corrected chi connectivity index (χ0v) is 13.3. The fourth-order valence-corrected chi connectivity index (χ4v) is 3.06. The molecule has 1 aliphatic heterocycles. The molecular weight excluding hydrogens is 260 g/mol. The minimum Gasteiger partial charge on any atom is -0.338 e. The van der Waals surface area contributed by atoms with E-state index < -0.39 is 0 Å². The Kier molecular flexibility index (Phi) is 6.24. The van der Waals surface area contributed by atoms with Crippen LogP contribution in [0, 0.1) is 5.92 Å². The molecule has 1 heterocycles. The highest BCUT2D eigenvalue weighted by Crippen LogP contribution is 2.16. The summed E-state index contributed by atoms with van der Waals surface area (Å²) in [6.07, 6.45) is 3.62. The van der Waals surface area contributed by atoms with Crippen molar-refractivity contribution in [3.05, 3.63) is 35.9 Å². The first-order chi connectivity index (χ1) is 10.2. The molecule has 1 unspecified atom stereocenters. The van der Waals surface area contributed by atoms with E-state index in [0.29, 0.717) is 24.3 Å². The maximum atomic E-state index is 12.6. The molecule has 116 valence electrons. The molecular formula is C18H28N2O. The van der Waals surface area contributed by atoms with Crippen LogP contribution >= 0.6 is 0 Å². The molecule has 1 atom stereocenters. The van der Waals surface area contributed by atoms with Gasteiger partial charge in [-0.2, -0.15) is 0 Å². The number of nitrogens with one attached hydrogen (secondary N) is 1. The predicted molar refractivity (Wildman–Crippen MR) is 87.2 cm³/mol. The summed E-state index contributed by atoms with van der Waals surface area (Å²) in [7, 11) is 0. The molecule has 1 saturated heterocycles. The second-order valence-electron chi connectivity index (χ2n) is 6.41. The molecule has 21 heavy (non-hydrogen) atoms. The summed E-state index contributed by atoms with van der Waals surface area (Å²) in [5, 5.41) is 3.47. The fraction of sp³-hybridized carbons (Fsp3) is 0.611. The van der Waals surface area contributed by atoms with E-state index in [4.69, 9.17) is 0 Å². The van der Waals surface area contributed by atoms with Crippen molar-refractivity contribution in [3.63, 3.8) is 0 Å². The number of carbonyl (C=O) groups excluding carboxylic acids is 1. The van der Waals surface area contributed by atoms with E-state index in [0.717, 1.165) is 38.9 Å². The van der Waals surface area contributed by atoms with Gasteiger partial charge in [0.2, 0.25) is 5.91 Å². The van der Waals surface area contributed by atoms with Gasteiger partial charge >= 0.3 is 0 Å². The molecule has 1 N–H and O–H groups in total. The second kappa shape index (κ2) is 8.18. The number of benzene rings is 1. The molecule has 3 heteroatoms. The van der Waals surface area contributed by atoms with Crippen molar-refractivity contribution in [2.75, 3.05) is 19.6 Å². The molecule has 3 nitrogen and oxygen atoms in total. The normalized spacial score (nSPS) is 19.6. The molecule has 0 aliphatic carbocycles. The van der Waals surface area contributed by atoms with Gasteiger partial charge < -0.3 is 10.2 Å². The Morgan fingerprint density at radius 2 is 2.10 bits per heavy atom. The first kappa shape index (κ1) is 16.0. The van der Waals surface area contributed by atoms with Crippen LogP contribution in [-0.4, -0.2) is 36.5 Å². The van der Waals surface area contributed by atoms with E-state index in [9.17, 15) is 4.79 Å². The first-order valence-corrected chi connectivity index (χ1v) is 8.21. The van der Waals surface area contributed by atoms with Crippen LogP contribution in [0.1, 0.15) is 38.7 Å². The number of carbonyl (C=O) groups is 1. The Morgan fingerprint density at radius 1 is 1.33 bits per heavy atom. The van der Waals surface area contributed by atoms with Gasteiger partial charge in [0, 0.05) is 25.6 Å². The number of nitrogens with zero attached hydrogens (tertiary/aromatic N) is 1. The minimum atomic E-state index is 0.313. The molecule has 1 fully saturated rings. The SMILES string of the molecule is CC(C)CC1CNCCCN1C(=O)CCc1ccccc1. The van der Waals surface area contributed by atoms with Crippen molar-refractivity contribution in [1.29, 1.82) is 0 Å². The molecule has 0 saturated carbocycles. The maximum Gasteiger partial charge on any atom is 0.223 e. The van der Waals surface area contributed by atoms with Crippen molar-refractivity contribution in [2.45, 2.75) is 45.6 Å². The average Bonchev–Trinajstić information content (AvgIpc) is 2.71. The molecule has 2 rings (SSSR count). The quantitative estimate of drug-likeness (QED) is 0.903. The Bertz CT molecular complexity index is 430. The fourth-order valence-electron chi connectivity index (χ4n) is 3.06. The van der Waals surface area contributed by atoms with Gasteiger partial charge in [0.1, 0.15) is 0 Å². The molecule has 1 aromatic rings. The van der Waals surface area contributed by atoms with Crippen molar-refractivity contribution in [1.82, 2.24) is 10.2 Å². The molecule has 1 aromatic carbocycles. The first-order valence-electron chi connectivity index (χ1n) is 8.21. The van der Waals surface area contributed by atoms with Crippen LogP contribution in [0.2, 0.25) is 0 Å². The summed E-state index contributed by atoms with van der Waals surface area (Å²) in [5.41, 5.74) is 1.25. The van der Waals surface area contributed by atoms with Crippen molar-refractivity contribution in [3.8, 4) is 0 Å². The van der Waals surface area contributed by atoms with Gasteiger partial charge in [-0.1, -0.05) is 44.2 Å². The lowest BCUT2D eigenvalue weighted by Crippen LogP contribution is -2.44. The highest BCUT2D eigenvalue weighted by molar-refractivity contribution is 5.76. The largest absolute Gasteiger partial charge is 0.338 e. The minimum absolute atomic E-state index is 0.313. The third-order valence-corrected chi connectivity index (χ3v) is 4.11. The van der Waals surface area contributed by atoms with E-state index in [1.54, 1.807) is 0 Å². The van der Waals surface area contributed by atoms with Crippen LogP contribution in [0.3, 0.4) is 0 Å². The Hall–Kier alpha value is -1.35. The molecule has 0 spiro atoms. The van der Waals surface area contributed by atoms with Crippen LogP contribution in [0.15, 0.2) is 30.3 Å². The number of hydrogen-bond donors (Lipinski definition) is 1. The molecule has 0 bridgehead atoms. The van der Waals surface area contributed by atoms with Gasteiger partial charge in [-0.15, -0.1) is 0 Å². The van der Waals surface area contributed by atoms with Gasteiger partial charge in [-0.25, -0.2) is 0 Å². The summed E-state index contributed by atoms with van der Waals surface area (Å²) in [5.74, 6) is 0.938. The van der Waals surface area contributed by atoms with Gasteiger partial charge in [0.05, 0.1) is 0 Å². The highest BCUT2D eigenvalue weighted by atomic mass is 16.2. The van der Waals surface area contributed by atoms with E-state index >= 15 is 0 Å². The van der Waals surface area contributed by atoms with Crippen LogP contribution in [0.4, 0.5) is 0 Å². The predicted octanol–water partition coefficient (Wildman–Crippen LogP) is 2.86. The van der Waals surface area contributed by atoms with Crippen molar-refractivity contribution < 1.29 is 4.79 Å². The zero-order chi connectivity index (χ0) is 15.1. The van der Waals surface area contributed by atoms with E-state index in [-0.39, 0.29) is 0 Å². The van der Waals surface area contributed by atoms with Crippen molar-refractivity contribution >= 4 is 5.91 Å². The molecule has 0 radical (unpaired) electrons. The second-order valence-corrected chi connectivity index (χ2v) is 6.41. The average molecular weight is 288 g/mol. The van der Waals surface area contributed by atoms with Crippen LogP contribution in [0.5, 0.6) is 0 Å². The summed E-state index contributed by atoms with van der Waals surface area (Å²) in [6.45, 7) is 7.33.